The Morgan fingerprint density at radius 3 is 2.50 bits per heavy atom. The molecule has 6 heteroatoms. The van der Waals surface area contributed by atoms with E-state index in [1.807, 2.05) is 51.1 Å². The Morgan fingerprint density at radius 1 is 0.964 bits per heavy atom. The number of amides is 2. The number of halogens is 1. The lowest BCUT2D eigenvalue weighted by Gasteiger charge is -2.10. The van der Waals surface area contributed by atoms with Gasteiger partial charge in [-0.2, -0.15) is 0 Å². The smallest absolute Gasteiger partial charge is 0.243 e. The van der Waals surface area contributed by atoms with Crippen LogP contribution in [-0.4, -0.2) is 25.0 Å². The van der Waals surface area contributed by atoms with Crippen LogP contribution < -0.4 is 15.4 Å². The first-order valence-corrected chi connectivity index (χ1v) is 10.2. The Morgan fingerprint density at radius 2 is 1.75 bits per heavy atom. The Kier molecular flexibility index (Phi) is 8.51. The minimum Gasteiger partial charge on any atom is -0.493 e. The van der Waals surface area contributed by atoms with Gasteiger partial charge in [0.25, 0.3) is 0 Å². The number of benzene rings is 2. The summed E-state index contributed by atoms with van der Waals surface area (Å²) in [4.78, 5) is 23.9. The molecular weight excluding hydrogens is 420 g/mol. The summed E-state index contributed by atoms with van der Waals surface area (Å²) in [6, 6.07) is 11.7. The molecule has 0 saturated carbocycles. The van der Waals surface area contributed by atoms with Crippen LogP contribution >= 0.6 is 15.9 Å². The van der Waals surface area contributed by atoms with Crippen molar-refractivity contribution < 1.29 is 14.3 Å². The number of rotatable bonds is 9. The summed E-state index contributed by atoms with van der Waals surface area (Å²) in [5.74, 6) is 0.524. The average Bonchev–Trinajstić information content (AvgIpc) is 2.65. The summed E-state index contributed by atoms with van der Waals surface area (Å²) in [6.45, 7) is 6.50. The highest BCUT2D eigenvalue weighted by molar-refractivity contribution is 9.10. The fourth-order valence-electron chi connectivity index (χ4n) is 2.66. The maximum atomic E-state index is 12.0. The number of aryl methyl sites for hydroxylation is 3. The van der Waals surface area contributed by atoms with Gasteiger partial charge in [0.05, 0.1) is 13.2 Å². The number of ether oxygens (including phenoxy) is 1. The molecule has 0 aliphatic rings. The molecule has 5 nitrogen and oxygen atoms in total. The number of anilines is 1. The predicted octanol–water partition coefficient (Wildman–Crippen LogP) is 4.68. The molecule has 0 atom stereocenters. The van der Waals surface area contributed by atoms with Crippen molar-refractivity contribution in [3.05, 3.63) is 57.6 Å². The molecule has 0 spiro atoms. The lowest BCUT2D eigenvalue weighted by molar-refractivity contribution is -0.124. The third kappa shape index (κ3) is 7.35. The Labute approximate surface area is 175 Å². The van der Waals surface area contributed by atoms with Crippen LogP contribution in [0.15, 0.2) is 40.9 Å². The van der Waals surface area contributed by atoms with Crippen LogP contribution in [0.3, 0.4) is 0 Å². The third-order valence-corrected chi connectivity index (χ3v) is 4.80. The van der Waals surface area contributed by atoms with E-state index in [0.29, 0.717) is 19.4 Å². The molecule has 150 valence electrons. The van der Waals surface area contributed by atoms with Crippen LogP contribution in [0.25, 0.3) is 0 Å². The van der Waals surface area contributed by atoms with Gasteiger partial charge in [0, 0.05) is 16.6 Å². The Balaban J connectivity index is 1.62. The summed E-state index contributed by atoms with van der Waals surface area (Å²) in [7, 11) is 0. The molecule has 2 amide bonds. The van der Waals surface area contributed by atoms with E-state index in [1.54, 1.807) is 0 Å². The van der Waals surface area contributed by atoms with Gasteiger partial charge in [0.1, 0.15) is 5.75 Å². The molecule has 2 aromatic rings. The molecule has 0 fully saturated rings. The van der Waals surface area contributed by atoms with Crippen molar-refractivity contribution in [2.45, 2.75) is 40.0 Å². The molecule has 0 unspecified atom stereocenters. The summed E-state index contributed by atoms with van der Waals surface area (Å²) in [5.41, 5.74) is 3.97. The number of carbonyl (C=O) groups is 2. The van der Waals surface area contributed by atoms with Crippen molar-refractivity contribution in [3.8, 4) is 5.75 Å². The summed E-state index contributed by atoms with van der Waals surface area (Å²) in [6.07, 6.45) is 1.87. The Bertz CT molecular complexity index is 837. The van der Waals surface area contributed by atoms with Gasteiger partial charge in [-0.25, -0.2) is 0 Å². The lowest BCUT2D eigenvalue weighted by Crippen LogP contribution is -2.32. The first-order valence-electron chi connectivity index (χ1n) is 9.38. The first kappa shape index (κ1) is 22.0. The molecular formula is C22H27BrN2O3. The molecule has 0 aliphatic carbocycles. The SMILES string of the molecule is Cc1ccc(C)c(OCCCCC(=O)NCC(=O)Nc2ccc(Br)cc2C)c1. The molecule has 2 rings (SSSR count). The summed E-state index contributed by atoms with van der Waals surface area (Å²) in [5, 5.41) is 5.46. The van der Waals surface area contributed by atoms with E-state index in [-0.39, 0.29) is 18.4 Å². The van der Waals surface area contributed by atoms with Crippen LogP contribution in [0, 0.1) is 20.8 Å². The van der Waals surface area contributed by atoms with Gasteiger partial charge in [-0.1, -0.05) is 28.1 Å². The number of carbonyl (C=O) groups excluding carboxylic acids is 2. The van der Waals surface area contributed by atoms with E-state index < -0.39 is 0 Å². The fraction of sp³-hybridized carbons (Fsp3) is 0.364. The number of hydrogen-bond acceptors (Lipinski definition) is 3. The van der Waals surface area contributed by atoms with Crippen LogP contribution in [0.4, 0.5) is 5.69 Å². The van der Waals surface area contributed by atoms with Crippen molar-refractivity contribution in [2.24, 2.45) is 0 Å². The quantitative estimate of drug-likeness (QED) is 0.549. The lowest BCUT2D eigenvalue weighted by atomic mass is 10.1. The second kappa shape index (κ2) is 10.9. The predicted molar refractivity (Wildman–Crippen MR) is 116 cm³/mol. The molecule has 0 bridgehead atoms. The van der Waals surface area contributed by atoms with Crippen LogP contribution in [0.2, 0.25) is 0 Å². The highest BCUT2D eigenvalue weighted by Crippen LogP contribution is 2.20. The molecule has 0 aromatic heterocycles. The van der Waals surface area contributed by atoms with E-state index in [1.165, 1.54) is 0 Å². The van der Waals surface area contributed by atoms with E-state index in [0.717, 1.165) is 39.0 Å². The highest BCUT2D eigenvalue weighted by atomic mass is 79.9. The minimum atomic E-state index is -0.239. The van der Waals surface area contributed by atoms with Gasteiger partial charge in [0.15, 0.2) is 0 Å². The van der Waals surface area contributed by atoms with Gasteiger partial charge in [0.2, 0.25) is 11.8 Å². The molecule has 0 aliphatic heterocycles. The summed E-state index contributed by atoms with van der Waals surface area (Å²) >= 11 is 3.39. The zero-order valence-electron chi connectivity index (χ0n) is 16.6. The monoisotopic (exact) mass is 446 g/mol. The van der Waals surface area contributed by atoms with E-state index in [4.69, 9.17) is 4.74 Å². The molecule has 0 saturated heterocycles. The molecule has 2 N–H and O–H groups in total. The maximum absolute atomic E-state index is 12.0. The maximum Gasteiger partial charge on any atom is 0.243 e. The normalized spacial score (nSPS) is 10.4. The van der Waals surface area contributed by atoms with Gasteiger partial charge < -0.3 is 15.4 Å². The zero-order valence-corrected chi connectivity index (χ0v) is 18.2. The standard InChI is InChI=1S/C22H27BrN2O3/c1-15-7-8-16(2)20(12-15)28-11-5-4-6-21(26)24-14-22(27)25-19-10-9-18(23)13-17(19)3/h7-10,12-13H,4-6,11,14H2,1-3H3,(H,24,26)(H,25,27). The van der Waals surface area contributed by atoms with Crippen LogP contribution in [0.5, 0.6) is 5.75 Å². The van der Waals surface area contributed by atoms with Gasteiger partial charge in [-0.05, 0) is 74.6 Å². The van der Waals surface area contributed by atoms with Crippen molar-refractivity contribution in [1.29, 1.82) is 0 Å². The number of hydrogen-bond donors (Lipinski definition) is 2. The van der Waals surface area contributed by atoms with Gasteiger partial charge >= 0.3 is 0 Å². The van der Waals surface area contributed by atoms with Gasteiger partial charge in [-0.15, -0.1) is 0 Å². The van der Waals surface area contributed by atoms with Crippen molar-refractivity contribution in [1.82, 2.24) is 5.32 Å². The third-order valence-electron chi connectivity index (χ3n) is 4.31. The first-order chi connectivity index (χ1) is 13.3. The fourth-order valence-corrected chi connectivity index (χ4v) is 3.14. The topological polar surface area (TPSA) is 67.4 Å². The van der Waals surface area contributed by atoms with Crippen molar-refractivity contribution >= 4 is 33.4 Å². The summed E-state index contributed by atoms with van der Waals surface area (Å²) < 4.78 is 6.74. The minimum absolute atomic E-state index is 0.0344. The van der Waals surface area contributed by atoms with Crippen LogP contribution in [-0.2, 0) is 9.59 Å². The number of nitrogens with one attached hydrogen (secondary N) is 2. The number of unbranched alkanes of at least 4 members (excludes halogenated alkanes) is 1. The van der Waals surface area contributed by atoms with E-state index >= 15 is 0 Å². The molecule has 2 aromatic carbocycles. The molecule has 28 heavy (non-hydrogen) atoms. The second-order valence-electron chi connectivity index (χ2n) is 6.86. The van der Waals surface area contributed by atoms with E-state index in [9.17, 15) is 9.59 Å². The molecule has 0 heterocycles. The van der Waals surface area contributed by atoms with Gasteiger partial charge in [-0.3, -0.25) is 9.59 Å². The van der Waals surface area contributed by atoms with Crippen molar-refractivity contribution in [2.75, 3.05) is 18.5 Å². The second-order valence-corrected chi connectivity index (χ2v) is 7.77. The van der Waals surface area contributed by atoms with Crippen molar-refractivity contribution in [3.63, 3.8) is 0 Å². The highest BCUT2D eigenvalue weighted by Gasteiger charge is 2.08. The molecule has 0 radical (unpaired) electrons. The average molecular weight is 447 g/mol. The zero-order chi connectivity index (χ0) is 20.5. The Hall–Kier alpha value is -2.34. The van der Waals surface area contributed by atoms with E-state index in [2.05, 4.69) is 32.6 Å². The van der Waals surface area contributed by atoms with Crippen LogP contribution in [0.1, 0.15) is 36.0 Å². The largest absolute Gasteiger partial charge is 0.493 e.